The van der Waals surface area contributed by atoms with Gasteiger partial charge in [-0.3, -0.25) is 4.79 Å². The van der Waals surface area contributed by atoms with Crippen molar-refractivity contribution < 1.29 is 4.79 Å². The molecule has 0 saturated carbocycles. The molecule has 4 nitrogen and oxygen atoms in total. The lowest BCUT2D eigenvalue weighted by atomic mass is 10.1. The third-order valence-corrected chi connectivity index (χ3v) is 3.54. The second-order valence-electron chi connectivity index (χ2n) is 5.04. The number of thioether (sulfide) groups is 1. The van der Waals surface area contributed by atoms with Crippen molar-refractivity contribution in [1.82, 2.24) is 14.9 Å². The number of hydrogen-bond donors (Lipinski definition) is 0. The maximum absolute atomic E-state index is 12.4. The van der Waals surface area contributed by atoms with Crippen LogP contribution in [0.2, 0.25) is 0 Å². The molecule has 1 aromatic heterocycles. The molecule has 0 saturated heterocycles. The van der Waals surface area contributed by atoms with Crippen molar-refractivity contribution in [1.29, 1.82) is 0 Å². The highest BCUT2D eigenvalue weighted by Crippen LogP contribution is 2.23. The fraction of sp³-hybridized carbons (Fsp3) is 0.615. The van der Waals surface area contributed by atoms with E-state index in [1.807, 2.05) is 39.5 Å². The third-order valence-electron chi connectivity index (χ3n) is 2.56. The van der Waals surface area contributed by atoms with E-state index in [1.54, 1.807) is 18.5 Å². The van der Waals surface area contributed by atoms with Crippen molar-refractivity contribution in [2.24, 2.45) is 0 Å². The van der Waals surface area contributed by atoms with Gasteiger partial charge in [-0.25, -0.2) is 9.97 Å². The highest BCUT2D eigenvalue weighted by Gasteiger charge is 2.29. The van der Waals surface area contributed by atoms with E-state index < -0.39 is 0 Å². The molecule has 100 valence electrons. The van der Waals surface area contributed by atoms with E-state index in [2.05, 4.69) is 9.97 Å². The second kappa shape index (κ2) is 6.18. The van der Waals surface area contributed by atoms with E-state index >= 15 is 0 Å². The van der Waals surface area contributed by atoms with Gasteiger partial charge in [-0.2, -0.15) is 0 Å². The van der Waals surface area contributed by atoms with Crippen LogP contribution in [0.25, 0.3) is 0 Å². The van der Waals surface area contributed by atoms with Crippen LogP contribution < -0.4 is 0 Å². The number of carbonyl (C=O) groups excluding carboxylic acids is 1. The van der Waals surface area contributed by atoms with Crippen molar-refractivity contribution >= 4 is 17.7 Å². The quantitative estimate of drug-likeness (QED) is 0.621. The second-order valence-corrected chi connectivity index (χ2v) is 6.35. The van der Waals surface area contributed by atoms with Crippen molar-refractivity contribution in [3.05, 3.63) is 18.5 Å². The third kappa shape index (κ3) is 3.98. The smallest absolute Gasteiger partial charge is 0.236 e. The van der Waals surface area contributed by atoms with Gasteiger partial charge in [-0.1, -0.05) is 11.8 Å². The first kappa shape index (κ1) is 15.0. The molecule has 1 atom stereocenters. The summed E-state index contributed by atoms with van der Waals surface area (Å²) in [6, 6.07) is 1.77. The van der Waals surface area contributed by atoms with Crippen LogP contribution in [0.1, 0.15) is 34.6 Å². The van der Waals surface area contributed by atoms with Crippen LogP contribution in [0.5, 0.6) is 0 Å². The molecule has 5 heteroatoms. The molecular weight excluding hydrogens is 246 g/mol. The van der Waals surface area contributed by atoms with Crippen LogP contribution in [-0.2, 0) is 4.79 Å². The minimum absolute atomic E-state index is 0.127. The van der Waals surface area contributed by atoms with Crippen molar-refractivity contribution in [3.63, 3.8) is 0 Å². The number of rotatable bonds is 4. The lowest BCUT2D eigenvalue weighted by molar-refractivity contribution is -0.134. The van der Waals surface area contributed by atoms with Gasteiger partial charge in [0.15, 0.2) is 5.16 Å². The number of amides is 1. The summed E-state index contributed by atoms with van der Waals surface area (Å²) in [6.45, 7) is 10.8. The standard InChI is InChI=1S/C13H21N3OS/c1-6-16(13(3,4)5)11(17)10(2)18-12-14-8-7-9-15-12/h7-10H,6H2,1-5H3. The van der Waals surface area contributed by atoms with Gasteiger partial charge in [0.2, 0.25) is 5.91 Å². The van der Waals surface area contributed by atoms with Gasteiger partial charge in [-0.15, -0.1) is 0 Å². The van der Waals surface area contributed by atoms with Gasteiger partial charge >= 0.3 is 0 Å². The molecule has 1 rings (SSSR count). The normalized spacial score (nSPS) is 13.2. The zero-order chi connectivity index (χ0) is 13.8. The molecule has 0 aliphatic carbocycles. The first-order valence-corrected chi connectivity index (χ1v) is 6.99. The Morgan fingerprint density at radius 2 is 1.94 bits per heavy atom. The Balaban J connectivity index is 2.72. The van der Waals surface area contributed by atoms with E-state index in [-0.39, 0.29) is 16.7 Å². The summed E-state index contributed by atoms with van der Waals surface area (Å²) in [6.07, 6.45) is 3.38. The summed E-state index contributed by atoms with van der Waals surface area (Å²) in [7, 11) is 0. The summed E-state index contributed by atoms with van der Waals surface area (Å²) < 4.78 is 0. The summed E-state index contributed by atoms with van der Waals surface area (Å²) in [4.78, 5) is 22.5. The lowest BCUT2D eigenvalue weighted by Crippen LogP contribution is -2.48. The van der Waals surface area contributed by atoms with Gasteiger partial charge in [0.1, 0.15) is 0 Å². The minimum Gasteiger partial charge on any atom is -0.337 e. The lowest BCUT2D eigenvalue weighted by Gasteiger charge is -2.36. The highest BCUT2D eigenvalue weighted by molar-refractivity contribution is 8.00. The van der Waals surface area contributed by atoms with Crippen molar-refractivity contribution in [2.75, 3.05) is 6.54 Å². The Morgan fingerprint density at radius 3 is 2.39 bits per heavy atom. The Morgan fingerprint density at radius 1 is 1.39 bits per heavy atom. The monoisotopic (exact) mass is 267 g/mol. The molecular formula is C13H21N3OS. The van der Waals surface area contributed by atoms with E-state index in [0.717, 1.165) is 0 Å². The van der Waals surface area contributed by atoms with Gasteiger partial charge in [0.05, 0.1) is 5.25 Å². The van der Waals surface area contributed by atoms with Crippen molar-refractivity contribution in [2.45, 2.75) is 50.6 Å². The molecule has 1 unspecified atom stereocenters. The van der Waals surface area contributed by atoms with E-state index in [4.69, 9.17) is 0 Å². The molecule has 0 N–H and O–H groups in total. The molecule has 1 heterocycles. The Bertz CT molecular complexity index is 389. The zero-order valence-electron chi connectivity index (χ0n) is 11.7. The van der Waals surface area contributed by atoms with Crippen LogP contribution in [-0.4, -0.2) is 38.1 Å². The van der Waals surface area contributed by atoms with E-state index in [1.165, 1.54) is 11.8 Å². The van der Waals surface area contributed by atoms with Crippen LogP contribution in [0.15, 0.2) is 23.6 Å². The maximum atomic E-state index is 12.4. The SMILES string of the molecule is CCN(C(=O)C(C)Sc1ncccn1)C(C)(C)C. The molecule has 0 aliphatic rings. The first-order chi connectivity index (χ1) is 8.36. The fourth-order valence-corrected chi connectivity index (χ4v) is 2.52. The predicted molar refractivity (Wildman–Crippen MR) is 74.5 cm³/mol. The van der Waals surface area contributed by atoms with Crippen molar-refractivity contribution in [3.8, 4) is 0 Å². The van der Waals surface area contributed by atoms with Gasteiger partial charge in [0, 0.05) is 24.5 Å². The summed E-state index contributed by atoms with van der Waals surface area (Å²) in [5.74, 6) is 0.127. The fourth-order valence-electron chi connectivity index (χ4n) is 1.74. The van der Waals surface area contributed by atoms with Crippen LogP contribution >= 0.6 is 11.8 Å². The van der Waals surface area contributed by atoms with Gasteiger partial charge in [-0.05, 0) is 40.7 Å². The van der Waals surface area contributed by atoms with E-state index in [9.17, 15) is 4.79 Å². The molecule has 0 aromatic carbocycles. The van der Waals surface area contributed by atoms with Crippen LogP contribution in [0, 0.1) is 0 Å². The van der Waals surface area contributed by atoms with Gasteiger partial charge < -0.3 is 4.90 Å². The average Bonchev–Trinajstić information content (AvgIpc) is 2.29. The summed E-state index contributed by atoms with van der Waals surface area (Å²) in [5.41, 5.74) is -0.155. The number of hydrogen-bond acceptors (Lipinski definition) is 4. The number of aromatic nitrogens is 2. The molecule has 1 aromatic rings. The maximum Gasteiger partial charge on any atom is 0.236 e. The Hall–Kier alpha value is -1.10. The predicted octanol–water partition coefficient (Wildman–Crippen LogP) is 2.60. The molecule has 18 heavy (non-hydrogen) atoms. The Labute approximate surface area is 113 Å². The number of nitrogens with zero attached hydrogens (tertiary/aromatic N) is 3. The molecule has 1 amide bonds. The first-order valence-electron chi connectivity index (χ1n) is 6.11. The van der Waals surface area contributed by atoms with Gasteiger partial charge in [0.25, 0.3) is 0 Å². The van der Waals surface area contributed by atoms with Crippen LogP contribution in [0.3, 0.4) is 0 Å². The topological polar surface area (TPSA) is 46.1 Å². The zero-order valence-corrected chi connectivity index (χ0v) is 12.5. The summed E-state index contributed by atoms with van der Waals surface area (Å²) in [5, 5.41) is 0.467. The molecule has 0 aliphatic heterocycles. The summed E-state index contributed by atoms with van der Waals surface area (Å²) >= 11 is 1.40. The van der Waals surface area contributed by atoms with E-state index in [0.29, 0.717) is 11.7 Å². The van der Waals surface area contributed by atoms with Crippen LogP contribution in [0.4, 0.5) is 0 Å². The largest absolute Gasteiger partial charge is 0.337 e. The minimum atomic E-state index is -0.174. The highest BCUT2D eigenvalue weighted by atomic mass is 32.2. The molecule has 0 spiro atoms. The number of carbonyl (C=O) groups is 1. The Kier molecular flexibility index (Phi) is 5.14. The molecule has 0 bridgehead atoms. The average molecular weight is 267 g/mol. The molecule has 0 fully saturated rings. The molecule has 0 radical (unpaired) electrons.